The molecule has 0 aliphatic rings. The van der Waals surface area contributed by atoms with Gasteiger partial charge >= 0.3 is 0 Å². The van der Waals surface area contributed by atoms with Crippen LogP contribution in [-0.4, -0.2) is 27.1 Å². The van der Waals surface area contributed by atoms with Crippen LogP contribution in [0.2, 0.25) is 0 Å². The van der Waals surface area contributed by atoms with E-state index in [2.05, 4.69) is 10.4 Å². The summed E-state index contributed by atoms with van der Waals surface area (Å²) in [5.74, 6) is 0.555. The number of aryl methyl sites for hydroxylation is 1. The van der Waals surface area contributed by atoms with E-state index in [4.69, 9.17) is 9.72 Å². The van der Waals surface area contributed by atoms with Crippen LogP contribution in [0.15, 0.2) is 78.9 Å². The van der Waals surface area contributed by atoms with Crippen molar-refractivity contribution in [3.8, 4) is 17.0 Å². The SMILES string of the molecule is CCOc1ccc(-c2cc(C)n3nc(C(=O)Nc4cccc5ccccc45)cc3n2)cc1. The average Bonchev–Trinajstić information content (AvgIpc) is 3.25. The predicted molar refractivity (Wildman–Crippen MR) is 126 cm³/mol. The molecule has 0 unspecified atom stereocenters. The molecule has 0 atom stereocenters. The Hall–Kier alpha value is -4.19. The number of nitrogens with zero attached hydrogens (tertiary/aromatic N) is 3. The van der Waals surface area contributed by atoms with Crippen molar-refractivity contribution >= 4 is 28.0 Å². The molecule has 0 saturated carbocycles. The van der Waals surface area contributed by atoms with Crippen LogP contribution < -0.4 is 10.1 Å². The van der Waals surface area contributed by atoms with Crippen molar-refractivity contribution in [3.05, 3.63) is 90.3 Å². The molecule has 6 heteroatoms. The zero-order chi connectivity index (χ0) is 22.1. The van der Waals surface area contributed by atoms with Crippen molar-refractivity contribution in [2.45, 2.75) is 13.8 Å². The van der Waals surface area contributed by atoms with Gasteiger partial charge in [-0.05, 0) is 55.6 Å². The highest BCUT2D eigenvalue weighted by atomic mass is 16.5. The van der Waals surface area contributed by atoms with Gasteiger partial charge in [0.25, 0.3) is 5.91 Å². The van der Waals surface area contributed by atoms with E-state index in [9.17, 15) is 4.79 Å². The van der Waals surface area contributed by atoms with Crippen molar-refractivity contribution < 1.29 is 9.53 Å². The minimum absolute atomic E-state index is 0.270. The molecule has 3 aromatic carbocycles. The number of fused-ring (bicyclic) bond motifs is 2. The van der Waals surface area contributed by atoms with Gasteiger partial charge in [-0.3, -0.25) is 4.79 Å². The van der Waals surface area contributed by atoms with E-state index in [-0.39, 0.29) is 5.91 Å². The van der Waals surface area contributed by atoms with Crippen LogP contribution in [0.25, 0.3) is 27.7 Å². The average molecular weight is 422 g/mol. The van der Waals surface area contributed by atoms with Crippen LogP contribution in [-0.2, 0) is 0 Å². The Morgan fingerprint density at radius 2 is 1.78 bits per heavy atom. The number of ether oxygens (including phenoxy) is 1. The molecule has 2 heterocycles. The van der Waals surface area contributed by atoms with Crippen molar-refractivity contribution in [1.82, 2.24) is 14.6 Å². The van der Waals surface area contributed by atoms with Gasteiger partial charge in [0.15, 0.2) is 11.3 Å². The standard InChI is InChI=1S/C26H22N4O2/c1-3-32-20-13-11-19(12-14-20)23-15-17(2)30-25(27-23)16-24(29-30)26(31)28-22-10-6-8-18-7-4-5-9-21(18)22/h4-16H,3H2,1-2H3,(H,28,31). The topological polar surface area (TPSA) is 68.5 Å². The molecular weight excluding hydrogens is 400 g/mol. The third-order valence-electron chi connectivity index (χ3n) is 5.34. The highest BCUT2D eigenvalue weighted by molar-refractivity contribution is 6.08. The summed E-state index contributed by atoms with van der Waals surface area (Å²) in [6, 6.07) is 25.3. The van der Waals surface area contributed by atoms with E-state index in [1.54, 1.807) is 10.6 Å². The van der Waals surface area contributed by atoms with E-state index in [0.29, 0.717) is 17.9 Å². The van der Waals surface area contributed by atoms with Crippen LogP contribution in [0.1, 0.15) is 23.1 Å². The van der Waals surface area contributed by atoms with E-state index in [1.807, 2.05) is 86.6 Å². The summed E-state index contributed by atoms with van der Waals surface area (Å²) >= 11 is 0. The second-order valence-corrected chi connectivity index (χ2v) is 7.52. The van der Waals surface area contributed by atoms with E-state index in [1.165, 1.54) is 0 Å². The van der Waals surface area contributed by atoms with Gasteiger partial charge in [-0.1, -0.05) is 36.4 Å². The van der Waals surface area contributed by atoms with Crippen LogP contribution in [0.5, 0.6) is 5.75 Å². The lowest BCUT2D eigenvalue weighted by Gasteiger charge is -2.07. The maximum atomic E-state index is 13.0. The third kappa shape index (κ3) is 3.67. The van der Waals surface area contributed by atoms with Gasteiger partial charge in [-0.25, -0.2) is 9.50 Å². The molecule has 0 aliphatic heterocycles. The Morgan fingerprint density at radius 3 is 2.59 bits per heavy atom. The first-order valence-electron chi connectivity index (χ1n) is 10.5. The number of amides is 1. The second-order valence-electron chi connectivity index (χ2n) is 7.52. The summed E-state index contributed by atoms with van der Waals surface area (Å²) in [6.07, 6.45) is 0. The first kappa shape index (κ1) is 19.8. The van der Waals surface area contributed by atoms with E-state index < -0.39 is 0 Å². The minimum atomic E-state index is -0.270. The fraction of sp³-hybridized carbons (Fsp3) is 0.115. The summed E-state index contributed by atoms with van der Waals surface area (Å²) < 4.78 is 7.21. The van der Waals surface area contributed by atoms with Gasteiger partial charge in [-0.2, -0.15) is 5.10 Å². The fourth-order valence-electron chi connectivity index (χ4n) is 3.79. The van der Waals surface area contributed by atoms with Crippen LogP contribution in [0, 0.1) is 6.92 Å². The van der Waals surface area contributed by atoms with Crippen LogP contribution in [0.4, 0.5) is 5.69 Å². The normalized spacial score (nSPS) is 11.1. The maximum absolute atomic E-state index is 13.0. The number of hydrogen-bond acceptors (Lipinski definition) is 4. The number of carbonyl (C=O) groups is 1. The quantitative estimate of drug-likeness (QED) is 0.406. The number of rotatable bonds is 5. The number of carbonyl (C=O) groups excluding carboxylic acids is 1. The van der Waals surface area contributed by atoms with Crippen molar-refractivity contribution in [2.24, 2.45) is 0 Å². The van der Waals surface area contributed by atoms with Gasteiger partial charge < -0.3 is 10.1 Å². The van der Waals surface area contributed by atoms with Gasteiger partial charge in [-0.15, -0.1) is 0 Å². The molecule has 0 bridgehead atoms. The van der Waals surface area contributed by atoms with Crippen LogP contribution >= 0.6 is 0 Å². The molecule has 0 spiro atoms. The molecule has 32 heavy (non-hydrogen) atoms. The number of nitrogens with one attached hydrogen (secondary N) is 1. The molecular formula is C26H22N4O2. The summed E-state index contributed by atoms with van der Waals surface area (Å²) in [5, 5.41) is 9.53. The lowest BCUT2D eigenvalue weighted by molar-refractivity contribution is 0.102. The summed E-state index contributed by atoms with van der Waals surface area (Å²) in [7, 11) is 0. The summed E-state index contributed by atoms with van der Waals surface area (Å²) in [4.78, 5) is 17.7. The first-order chi connectivity index (χ1) is 15.6. The zero-order valence-corrected chi connectivity index (χ0v) is 17.9. The molecule has 158 valence electrons. The Bertz CT molecular complexity index is 1430. The van der Waals surface area contributed by atoms with Crippen molar-refractivity contribution in [2.75, 3.05) is 11.9 Å². The molecule has 5 aromatic rings. The molecule has 0 fully saturated rings. The molecule has 0 saturated heterocycles. The van der Waals surface area contributed by atoms with Crippen molar-refractivity contribution in [3.63, 3.8) is 0 Å². The third-order valence-corrected chi connectivity index (χ3v) is 5.34. The second kappa shape index (κ2) is 8.15. The van der Waals surface area contributed by atoms with Gasteiger partial charge in [0, 0.05) is 28.4 Å². The Morgan fingerprint density at radius 1 is 1.00 bits per heavy atom. The van der Waals surface area contributed by atoms with Gasteiger partial charge in [0.05, 0.1) is 12.3 Å². The summed E-state index contributed by atoms with van der Waals surface area (Å²) in [5.41, 5.74) is 4.38. The molecule has 1 amide bonds. The number of hydrogen-bond donors (Lipinski definition) is 1. The zero-order valence-electron chi connectivity index (χ0n) is 17.9. The first-order valence-corrected chi connectivity index (χ1v) is 10.5. The minimum Gasteiger partial charge on any atom is -0.494 e. The van der Waals surface area contributed by atoms with Crippen molar-refractivity contribution in [1.29, 1.82) is 0 Å². The predicted octanol–water partition coefficient (Wildman–Crippen LogP) is 5.51. The molecule has 0 aliphatic carbocycles. The smallest absolute Gasteiger partial charge is 0.276 e. The fourth-order valence-corrected chi connectivity index (χ4v) is 3.79. The lowest BCUT2D eigenvalue weighted by atomic mass is 10.1. The number of anilines is 1. The molecule has 2 aromatic heterocycles. The summed E-state index contributed by atoms with van der Waals surface area (Å²) in [6.45, 7) is 4.54. The highest BCUT2D eigenvalue weighted by Crippen LogP contribution is 2.25. The number of benzene rings is 3. The van der Waals surface area contributed by atoms with E-state index in [0.717, 1.165) is 39.2 Å². The largest absolute Gasteiger partial charge is 0.494 e. The van der Waals surface area contributed by atoms with Gasteiger partial charge in [0.2, 0.25) is 0 Å². The van der Waals surface area contributed by atoms with E-state index >= 15 is 0 Å². The van der Waals surface area contributed by atoms with Crippen LogP contribution in [0.3, 0.4) is 0 Å². The monoisotopic (exact) mass is 422 g/mol. The molecule has 5 rings (SSSR count). The molecule has 6 nitrogen and oxygen atoms in total. The Labute approximate surface area is 185 Å². The lowest BCUT2D eigenvalue weighted by Crippen LogP contribution is -2.13. The Balaban J connectivity index is 1.46. The molecule has 1 N–H and O–H groups in total. The Kier molecular flexibility index (Phi) is 5.03. The molecule has 0 radical (unpaired) electrons. The van der Waals surface area contributed by atoms with Gasteiger partial charge in [0.1, 0.15) is 5.75 Å². The number of aromatic nitrogens is 3. The highest BCUT2D eigenvalue weighted by Gasteiger charge is 2.15. The maximum Gasteiger partial charge on any atom is 0.276 e.